The van der Waals surface area contributed by atoms with Crippen molar-refractivity contribution >= 4 is 65.8 Å². The fourth-order valence-electron chi connectivity index (χ4n) is 8.95. The topological polar surface area (TPSA) is 34.2 Å². The lowest BCUT2D eigenvalue weighted by atomic mass is 9.84. The van der Waals surface area contributed by atoms with Crippen LogP contribution in [0.4, 0.5) is 0 Å². The minimum atomic E-state index is -0.272. The van der Waals surface area contributed by atoms with Crippen molar-refractivity contribution in [2.45, 2.75) is 25.4 Å². The van der Waals surface area contributed by atoms with Crippen LogP contribution in [0.25, 0.3) is 65.6 Å². The summed E-state index contributed by atoms with van der Waals surface area (Å²) in [6.45, 7) is 4.65. The van der Waals surface area contributed by atoms with Gasteiger partial charge in [0.2, 0.25) is 0 Å². The zero-order valence-corrected chi connectivity index (χ0v) is 28.4. The summed E-state index contributed by atoms with van der Waals surface area (Å²) < 4.78 is 4.91. The van der Waals surface area contributed by atoms with E-state index in [0.29, 0.717) is 0 Å². The van der Waals surface area contributed by atoms with E-state index in [2.05, 4.69) is 186 Å². The van der Waals surface area contributed by atoms with Gasteiger partial charge in [0.15, 0.2) is 0 Å². The minimum Gasteiger partial charge on any atom is -0.345 e. The molecule has 1 N–H and O–H groups in total. The van der Waals surface area contributed by atoms with Crippen LogP contribution in [0.2, 0.25) is 0 Å². The van der Waals surface area contributed by atoms with Crippen molar-refractivity contribution in [1.29, 1.82) is 0 Å². The summed E-state index contributed by atoms with van der Waals surface area (Å²) >= 11 is 0. The molecule has 3 heterocycles. The first-order valence-corrected chi connectivity index (χ1v) is 17.8. The van der Waals surface area contributed by atoms with Gasteiger partial charge in [-0.1, -0.05) is 129 Å². The Bertz CT molecular complexity index is 2970. The Hall–Kier alpha value is -6.39. The molecule has 1 aliphatic heterocycles. The van der Waals surface area contributed by atoms with Gasteiger partial charge in [-0.25, -0.2) is 4.99 Å². The Labute approximate surface area is 295 Å². The van der Waals surface area contributed by atoms with E-state index in [0.717, 1.165) is 28.3 Å². The number of nitrogens with one attached hydrogen (secondary N) is 1. The Kier molecular flexibility index (Phi) is 5.75. The second-order valence-electron chi connectivity index (χ2n) is 14.5. The average Bonchev–Trinajstić information content (AvgIpc) is 3.76. The molecular weight excluding hydrogens is 621 g/mol. The molecule has 1 atom stereocenters. The Balaban J connectivity index is 1.19. The molecule has 0 fully saturated rings. The maximum Gasteiger partial charge on any atom is 0.135 e. The van der Waals surface area contributed by atoms with Crippen LogP contribution in [0.1, 0.15) is 36.7 Å². The quantitative estimate of drug-likeness (QED) is 0.202. The van der Waals surface area contributed by atoms with E-state index >= 15 is 0 Å². The lowest BCUT2D eigenvalue weighted by Crippen LogP contribution is -2.37. The van der Waals surface area contributed by atoms with Gasteiger partial charge in [0, 0.05) is 43.8 Å². The summed E-state index contributed by atoms with van der Waals surface area (Å²) in [4.78, 5) is 5.58. The van der Waals surface area contributed by atoms with Crippen LogP contribution in [0.5, 0.6) is 0 Å². The van der Waals surface area contributed by atoms with E-state index in [1.54, 1.807) is 0 Å². The summed E-state index contributed by atoms with van der Waals surface area (Å²) in [6, 6.07) is 57.4. The Morgan fingerprint density at radius 1 is 0.549 bits per heavy atom. The number of para-hydroxylation sites is 3. The molecule has 4 heteroatoms. The first kappa shape index (κ1) is 28.4. The monoisotopic (exact) mass is 654 g/mol. The SMILES string of the molecule is CC1(C)C2=C(c3ccccc31)C(n1c3ccccc3c3cc4ccccc4cc31)NC(c1ccc3c4ccccc4n(-c4ccccc4)c3c1)=N2. The van der Waals surface area contributed by atoms with Crippen LogP contribution >= 0.6 is 0 Å². The van der Waals surface area contributed by atoms with E-state index in [-0.39, 0.29) is 11.6 Å². The highest BCUT2D eigenvalue weighted by atomic mass is 15.2. The second-order valence-corrected chi connectivity index (χ2v) is 14.5. The molecule has 0 radical (unpaired) electrons. The molecular formula is C47H34N4. The van der Waals surface area contributed by atoms with Crippen molar-refractivity contribution in [2.24, 2.45) is 4.99 Å². The number of allylic oxidation sites excluding steroid dienone is 1. The van der Waals surface area contributed by atoms with Crippen LogP contribution in [0.3, 0.4) is 0 Å². The number of benzene rings is 7. The third kappa shape index (κ3) is 3.93. The number of amidine groups is 1. The molecule has 2 aliphatic rings. The van der Waals surface area contributed by atoms with Gasteiger partial charge in [0.05, 0.1) is 27.8 Å². The Morgan fingerprint density at radius 2 is 1.20 bits per heavy atom. The number of nitrogens with zero attached hydrogens (tertiary/aromatic N) is 3. The van der Waals surface area contributed by atoms with Crippen molar-refractivity contribution in [3.05, 3.63) is 180 Å². The number of aromatic nitrogens is 2. The first-order chi connectivity index (χ1) is 25.1. The molecule has 242 valence electrons. The predicted octanol–water partition coefficient (Wildman–Crippen LogP) is 11.3. The summed E-state index contributed by atoms with van der Waals surface area (Å²) in [5.74, 6) is 0.887. The molecule has 1 unspecified atom stereocenters. The second kappa shape index (κ2) is 10.3. The maximum atomic E-state index is 5.58. The molecule has 51 heavy (non-hydrogen) atoms. The predicted molar refractivity (Wildman–Crippen MR) is 213 cm³/mol. The zero-order valence-electron chi connectivity index (χ0n) is 28.4. The Morgan fingerprint density at radius 3 is 2.02 bits per heavy atom. The molecule has 0 bridgehead atoms. The van der Waals surface area contributed by atoms with E-state index < -0.39 is 0 Å². The van der Waals surface area contributed by atoms with Crippen LogP contribution < -0.4 is 5.32 Å². The number of hydrogen-bond acceptors (Lipinski definition) is 2. The molecule has 0 saturated carbocycles. The molecule has 0 amide bonds. The number of rotatable bonds is 3. The van der Waals surface area contributed by atoms with Gasteiger partial charge in [0.25, 0.3) is 0 Å². The lowest BCUT2D eigenvalue weighted by Gasteiger charge is -2.32. The molecule has 1 aliphatic carbocycles. The van der Waals surface area contributed by atoms with Gasteiger partial charge in [-0.3, -0.25) is 0 Å². The smallest absolute Gasteiger partial charge is 0.135 e. The van der Waals surface area contributed by atoms with Crippen LogP contribution in [-0.4, -0.2) is 15.0 Å². The first-order valence-electron chi connectivity index (χ1n) is 17.8. The molecule has 0 spiro atoms. The van der Waals surface area contributed by atoms with Crippen LogP contribution in [0, 0.1) is 0 Å². The van der Waals surface area contributed by atoms with E-state index in [9.17, 15) is 0 Å². The van der Waals surface area contributed by atoms with E-state index in [4.69, 9.17) is 4.99 Å². The fraction of sp³-hybridized carbons (Fsp3) is 0.0851. The number of fused-ring (bicyclic) bond motifs is 9. The number of aliphatic imine (C=N–C) groups is 1. The summed E-state index contributed by atoms with van der Waals surface area (Å²) in [5.41, 5.74) is 11.7. The minimum absolute atomic E-state index is 0.185. The standard InChI is InChI=1S/C47H34N4/c1-47(2)38-21-11-8-20-36(38)43-44(47)48-45(31-24-25-35-33-18-9-12-22-39(33)50(41(35)28-31)32-16-4-3-5-17-32)49-46(43)51-40-23-13-10-19-34(40)37-26-29-14-6-7-15-30(29)27-42(37)51/h3-28,46H,1-2H3,(H,48,49). The normalized spacial score (nSPS) is 16.6. The molecule has 0 saturated heterocycles. The van der Waals surface area contributed by atoms with Crippen molar-refractivity contribution in [3.8, 4) is 5.69 Å². The van der Waals surface area contributed by atoms with Gasteiger partial charge >= 0.3 is 0 Å². The third-order valence-electron chi connectivity index (χ3n) is 11.3. The van der Waals surface area contributed by atoms with Gasteiger partial charge in [-0.05, 0) is 64.4 Å². The van der Waals surface area contributed by atoms with Crippen molar-refractivity contribution < 1.29 is 0 Å². The lowest BCUT2D eigenvalue weighted by molar-refractivity contribution is 0.584. The average molecular weight is 655 g/mol. The highest BCUT2D eigenvalue weighted by Gasteiger charge is 2.44. The van der Waals surface area contributed by atoms with Crippen LogP contribution in [0.15, 0.2) is 168 Å². The van der Waals surface area contributed by atoms with Gasteiger partial charge in [-0.15, -0.1) is 0 Å². The highest BCUT2D eigenvalue weighted by Crippen LogP contribution is 2.53. The summed E-state index contributed by atoms with van der Waals surface area (Å²) in [6.07, 6.45) is -0.185. The third-order valence-corrected chi connectivity index (χ3v) is 11.3. The largest absolute Gasteiger partial charge is 0.345 e. The fourth-order valence-corrected chi connectivity index (χ4v) is 8.95. The summed E-state index contributed by atoms with van der Waals surface area (Å²) in [7, 11) is 0. The van der Waals surface area contributed by atoms with Gasteiger partial charge < -0.3 is 14.5 Å². The van der Waals surface area contributed by atoms with Crippen molar-refractivity contribution in [3.63, 3.8) is 0 Å². The van der Waals surface area contributed by atoms with Crippen molar-refractivity contribution in [2.75, 3.05) is 0 Å². The zero-order chi connectivity index (χ0) is 33.8. The molecule has 2 aromatic heterocycles. The maximum absolute atomic E-state index is 5.58. The number of hydrogen-bond donors (Lipinski definition) is 1. The van der Waals surface area contributed by atoms with Crippen molar-refractivity contribution in [1.82, 2.24) is 14.5 Å². The van der Waals surface area contributed by atoms with Gasteiger partial charge in [0.1, 0.15) is 12.0 Å². The molecule has 4 nitrogen and oxygen atoms in total. The molecule has 11 rings (SSSR count). The molecule has 7 aromatic carbocycles. The molecule has 9 aromatic rings. The summed E-state index contributed by atoms with van der Waals surface area (Å²) in [5, 5.41) is 11.5. The van der Waals surface area contributed by atoms with E-state index in [1.165, 1.54) is 65.6 Å². The van der Waals surface area contributed by atoms with E-state index in [1.807, 2.05) is 0 Å². The highest BCUT2D eigenvalue weighted by molar-refractivity contribution is 6.15. The van der Waals surface area contributed by atoms with Gasteiger partial charge in [-0.2, -0.15) is 0 Å². The van der Waals surface area contributed by atoms with Crippen LogP contribution in [-0.2, 0) is 5.41 Å².